The number of hydrogen-bond acceptors (Lipinski definition) is 4. The van der Waals surface area contributed by atoms with Gasteiger partial charge in [-0.05, 0) is 34.1 Å². The topological polar surface area (TPSA) is 84.1 Å². The molecular formula is C12H9BrClN3O3. The Balaban J connectivity index is 1.83. The predicted molar refractivity (Wildman–Crippen MR) is 76.7 cm³/mol. The summed E-state index contributed by atoms with van der Waals surface area (Å²) in [6.07, 6.45) is 2.99. The highest BCUT2D eigenvalue weighted by Gasteiger charge is 2.12. The number of halogens is 2. The third-order valence-electron chi connectivity index (χ3n) is 2.20. The van der Waals surface area contributed by atoms with Crippen molar-refractivity contribution in [2.45, 2.75) is 0 Å². The van der Waals surface area contributed by atoms with E-state index in [0.29, 0.717) is 10.8 Å². The quantitative estimate of drug-likeness (QED) is 0.823. The number of aromatic nitrogens is 2. The van der Waals surface area contributed by atoms with E-state index >= 15 is 0 Å². The Morgan fingerprint density at radius 3 is 2.85 bits per heavy atom. The van der Waals surface area contributed by atoms with Gasteiger partial charge >= 0.3 is 5.97 Å². The van der Waals surface area contributed by atoms with E-state index in [0.717, 1.165) is 4.47 Å². The van der Waals surface area contributed by atoms with Gasteiger partial charge < -0.3 is 15.0 Å². The summed E-state index contributed by atoms with van der Waals surface area (Å²) >= 11 is 8.86. The number of pyridine rings is 1. The lowest BCUT2D eigenvalue weighted by Gasteiger charge is -2.05. The summed E-state index contributed by atoms with van der Waals surface area (Å²) in [4.78, 5) is 29.7. The molecule has 0 aromatic carbocycles. The molecule has 2 rings (SSSR count). The zero-order valence-corrected chi connectivity index (χ0v) is 12.4. The highest BCUT2D eigenvalue weighted by molar-refractivity contribution is 9.10. The summed E-state index contributed by atoms with van der Waals surface area (Å²) in [5.41, 5.74) is 0.259. The number of esters is 1. The number of nitrogens with zero attached hydrogens (tertiary/aromatic N) is 1. The molecular weight excluding hydrogens is 350 g/mol. The van der Waals surface area contributed by atoms with E-state index in [4.69, 9.17) is 16.3 Å². The van der Waals surface area contributed by atoms with Crippen LogP contribution < -0.4 is 5.32 Å². The van der Waals surface area contributed by atoms with E-state index in [1.165, 1.54) is 6.20 Å². The second-order valence-electron chi connectivity index (χ2n) is 3.72. The molecule has 8 heteroatoms. The first kappa shape index (κ1) is 14.5. The van der Waals surface area contributed by atoms with Crippen molar-refractivity contribution in [2.24, 2.45) is 0 Å². The Morgan fingerprint density at radius 1 is 1.45 bits per heavy atom. The van der Waals surface area contributed by atoms with Gasteiger partial charge in [-0.15, -0.1) is 0 Å². The highest BCUT2D eigenvalue weighted by Crippen LogP contribution is 2.12. The standard InChI is InChI=1S/C12H9BrClN3O3/c13-7-3-9(15-4-7)12(19)20-6-11(18)17-10-2-1-8(14)5-16-10/h1-5,15H,6H2,(H,16,17,18). The second-order valence-corrected chi connectivity index (χ2v) is 5.07. The van der Waals surface area contributed by atoms with E-state index in [9.17, 15) is 9.59 Å². The zero-order valence-electron chi connectivity index (χ0n) is 10.0. The Hall–Kier alpha value is -1.86. The van der Waals surface area contributed by atoms with Crippen molar-refractivity contribution in [2.75, 3.05) is 11.9 Å². The van der Waals surface area contributed by atoms with Gasteiger partial charge in [0, 0.05) is 16.9 Å². The normalized spacial score (nSPS) is 10.1. The largest absolute Gasteiger partial charge is 0.451 e. The van der Waals surface area contributed by atoms with Crippen molar-refractivity contribution in [3.63, 3.8) is 0 Å². The van der Waals surface area contributed by atoms with Gasteiger partial charge in [0.15, 0.2) is 6.61 Å². The number of carbonyl (C=O) groups is 2. The number of amides is 1. The molecule has 0 radical (unpaired) electrons. The molecule has 0 aliphatic rings. The highest BCUT2D eigenvalue weighted by atomic mass is 79.9. The lowest BCUT2D eigenvalue weighted by Crippen LogP contribution is -2.21. The fraction of sp³-hybridized carbons (Fsp3) is 0.0833. The Bertz CT molecular complexity index is 627. The van der Waals surface area contributed by atoms with Gasteiger partial charge in [-0.1, -0.05) is 11.6 Å². The van der Waals surface area contributed by atoms with E-state index < -0.39 is 18.5 Å². The second kappa shape index (κ2) is 6.53. The molecule has 2 N–H and O–H groups in total. The first-order valence-electron chi connectivity index (χ1n) is 5.47. The van der Waals surface area contributed by atoms with E-state index in [2.05, 4.69) is 31.2 Å². The van der Waals surface area contributed by atoms with Crippen LogP contribution in [-0.2, 0) is 9.53 Å². The van der Waals surface area contributed by atoms with Crippen molar-refractivity contribution in [1.29, 1.82) is 0 Å². The fourth-order valence-corrected chi connectivity index (χ4v) is 1.78. The number of H-pyrrole nitrogens is 1. The van der Waals surface area contributed by atoms with Crippen molar-refractivity contribution in [3.8, 4) is 0 Å². The lowest BCUT2D eigenvalue weighted by atomic mass is 10.4. The third-order valence-corrected chi connectivity index (χ3v) is 2.88. The van der Waals surface area contributed by atoms with Gasteiger partial charge in [0.2, 0.25) is 0 Å². The average molecular weight is 359 g/mol. The third kappa shape index (κ3) is 4.07. The Morgan fingerprint density at radius 2 is 2.25 bits per heavy atom. The van der Waals surface area contributed by atoms with Crippen LogP contribution >= 0.6 is 27.5 Å². The molecule has 0 aliphatic carbocycles. The van der Waals surface area contributed by atoms with Crippen LogP contribution in [0.15, 0.2) is 35.1 Å². The minimum absolute atomic E-state index is 0.259. The van der Waals surface area contributed by atoms with Crippen molar-refractivity contribution < 1.29 is 14.3 Å². The Labute approximate surface area is 127 Å². The van der Waals surface area contributed by atoms with Crippen molar-refractivity contribution in [3.05, 3.63) is 45.8 Å². The molecule has 0 bridgehead atoms. The smallest absolute Gasteiger partial charge is 0.355 e. The molecule has 104 valence electrons. The minimum atomic E-state index is -0.616. The summed E-state index contributed by atoms with van der Waals surface area (Å²) in [6, 6.07) is 4.69. The van der Waals surface area contributed by atoms with Crippen LogP contribution in [0, 0.1) is 0 Å². The molecule has 2 heterocycles. The molecule has 0 aliphatic heterocycles. The summed E-state index contributed by atoms with van der Waals surface area (Å²) < 4.78 is 5.56. The average Bonchev–Trinajstić information content (AvgIpc) is 2.85. The number of hydrogen-bond donors (Lipinski definition) is 2. The maximum absolute atomic E-state index is 11.6. The van der Waals surface area contributed by atoms with Gasteiger partial charge in [0.25, 0.3) is 5.91 Å². The molecule has 20 heavy (non-hydrogen) atoms. The number of ether oxygens (including phenoxy) is 1. The van der Waals surface area contributed by atoms with Gasteiger partial charge in [-0.25, -0.2) is 9.78 Å². The minimum Gasteiger partial charge on any atom is -0.451 e. The van der Waals surface area contributed by atoms with E-state index in [-0.39, 0.29) is 5.69 Å². The summed E-state index contributed by atoms with van der Waals surface area (Å²) in [6.45, 7) is -0.403. The molecule has 0 saturated carbocycles. The molecule has 0 fully saturated rings. The number of anilines is 1. The molecule has 1 amide bonds. The predicted octanol–water partition coefficient (Wildman–Crippen LogP) is 2.62. The molecule has 2 aromatic heterocycles. The number of aromatic amines is 1. The fourth-order valence-electron chi connectivity index (χ4n) is 1.32. The zero-order chi connectivity index (χ0) is 14.5. The molecule has 0 spiro atoms. The molecule has 0 atom stereocenters. The molecule has 0 unspecified atom stereocenters. The maximum atomic E-state index is 11.6. The molecule has 2 aromatic rings. The SMILES string of the molecule is O=C(COC(=O)c1cc(Br)c[nH]1)Nc1ccc(Cl)cn1. The first-order valence-corrected chi connectivity index (χ1v) is 6.64. The molecule has 6 nitrogen and oxygen atoms in total. The van der Waals surface area contributed by atoms with Crippen molar-refractivity contribution >= 4 is 45.2 Å². The number of carbonyl (C=O) groups excluding carboxylic acids is 2. The number of rotatable bonds is 4. The van der Waals surface area contributed by atoms with Crippen LogP contribution in [0.3, 0.4) is 0 Å². The monoisotopic (exact) mass is 357 g/mol. The Kier molecular flexibility index (Phi) is 4.75. The van der Waals surface area contributed by atoms with Crippen LogP contribution in [0.2, 0.25) is 5.02 Å². The van der Waals surface area contributed by atoms with Crippen molar-refractivity contribution in [1.82, 2.24) is 9.97 Å². The van der Waals surface area contributed by atoms with E-state index in [1.54, 1.807) is 24.4 Å². The summed E-state index contributed by atoms with van der Waals surface area (Å²) in [5.74, 6) is -0.772. The van der Waals surface area contributed by atoms with Crippen LogP contribution in [0.1, 0.15) is 10.5 Å². The maximum Gasteiger partial charge on any atom is 0.355 e. The van der Waals surface area contributed by atoms with E-state index in [1.807, 2.05) is 0 Å². The first-order chi connectivity index (χ1) is 9.54. The van der Waals surface area contributed by atoms with Gasteiger partial charge in [-0.2, -0.15) is 0 Å². The van der Waals surface area contributed by atoms with Gasteiger partial charge in [-0.3, -0.25) is 4.79 Å². The van der Waals surface area contributed by atoms with Crippen LogP contribution in [0.4, 0.5) is 5.82 Å². The van der Waals surface area contributed by atoms with Crippen LogP contribution in [-0.4, -0.2) is 28.5 Å². The number of nitrogens with one attached hydrogen (secondary N) is 2. The summed E-state index contributed by atoms with van der Waals surface area (Å²) in [5, 5.41) is 2.94. The summed E-state index contributed by atoms with van der Waals surface area (Å²) in [7, 11) is 0. The lowest BCUT2D eigenvalue weighted by molar-refractivity contribution is -0.119. The van der Waals surface area contributed by atoms with Gasteiger partial charge in [0.1, 0.15) is 11.5 Å². The van der Waals surface area contributed by atoms with Crippen LogP contribution in [0.25, 0.3) is 0 Å². The van der Waals surface area contributed by atoms with Gasteiger partial charge in [0.05, 0.1) is 5.02 Å². The molecule has 0 saturated heterocycles. The van der Waals surface area contributed by atoms with Crippen LogP contribution in [0.5, 0.6) is 0 Å².